The van der Waals surface area contributed by atoms with Crippen molar-refractivity contribution in [2.75, 3.05) is 26.3 Å². The Morgan fingerprint density at radius 2 is 1.87 bits per heavy atom. The number of hydrogen-bond acceptors (Lipinski definition) is 6. The number of rotatable bonds is 4. The monoisotopic (exact) mass is 427 g/mol. The summed E-state index contributed by atoms with van der Waals surface area (Å²) in [6, 6.07) is 12.3. The predicted octanol–water partition coefficient (Wildman–Crippen LogP) is 4.26. The lowest BCUT2D eigenvalue weighted by Gasteiger charge is -2.31. The maximum Gasteiger partial charge on any atom is 0.343 e. The zero-order valence-electron chi connectivity index (χ0n) is 16.8. The highest BCUT2D eigenvalue weighted by Crippen LogP contribution is 2.30. The van der Waals surface area contributed by atoms with Crippen LogP contribution in [0.2, 0.25) is 5.02 Å². The van der Waals surface area contributed by atoms with Crippen molar-refractivity contribution in [1.29, 1.82) is 0 Å². The Kier molecular flexibility index (Phi) is 5.90. The topological polar surface area (TPSA) is 69.0 Å². The molecule has 0 spiro atoms. The molecule has 1 aliphatic heterocycles. The Morgan fingerprint density at radius 1 is 1.17 bits per heavy atom. The highest BCUT2D eigenvalue weighted by molar-refractivity contribution is 6.32. The summed E-state index contributed by atoms with van der Waals surface area (Å²) in [6.45, 7) is 6.06. The van der Waals surface area contributed by atoms with E-state index in [0.717, 1.165) is 5.56 Å². The van der Waals surface area contributed by atoms with Crippen molar-refractivity contribution < 1.29 is 18.7 Å². The van der Waals surface area contributed by atoms with Gasteiger partial charge in [-0.2, -0.15) is 0 Å². The van der Waals surface area contributed by atoms with Crippen LogP contribution >= 0.6 is 11.6 Å². The van der Waals surface area contributed by atoms with E-state index in [1.165, 1.54) is 12.1 Å². The molecule has 3 aromatic rings. The quantitative estimate of drug-likeness (QED) is 0.579. The summed E-state index contributed by atoms with van der Waals surface area (Å²) in [5.41, 5.74) is 1.29. The van der Waals surface area contributed by atoms with E-state index in [4.69, 9.17) is 25.5 Å². The standard InChI is InChI=1S/C23H22ClNO5/c1-14-20(26)18-12-17(24)13-19(22(18)30-21(14)16-6-4-3-5-7-16)23(27)29-15(2)25-8-10-28-11-9-25/h3-7,12-13,15H,8-11H2,1-2H3. The molecule has 1 aliphatic rings. The molecule has 0 N–H and O–H groups in total. The lowest BCUT2D eigenvalue weighted by atomic mass is 10.0. The zero-order valence-corrected chi connectivity index (χ0v) is 17.6. The predicted molar refractivity (Wildman–Crippen MR) is 115 cm³/mol. The lowest BCUT2D eigenvalue weighted by molar-refractivity contribution is -0.0636. The molecular formula is C23H22ClNO5. The van der Waals surface area contributed by atoms with Crippen LogP contribution in [-0.4, -0.2) is 43.4 Å². The molecule has 0 saturated carbocycles. The lowest BCUT2D eigenvalue weighted by Crippen LogP contribution is -2.44. The van der Waals surface area contributed by atoms with Crippen LogP contribution in [0.25, 0.3) is 22.3 Å². The van der Waals surface area contributed by atoms with E-state index in [0.29, 0.717) is 37.6 Å². The van der Waals surface area contributed by atoms with Crippen LogP contribution in [0.15, 0.2) is 51.7 Å². The van der Waals surface area contributed by atoms with Crippen LogP contribution in [0.3, 0.4) is 0 Å². The summed E-state index contributed by atoms with van der Waals surface area (Å²) in [4.78, 5) is 28.1. The van der Waals surface area contributed by atoms with Gasteiger partial charge in [0.25, 0.3) is 0 Å². The van der Waals surface area contributed by atoms with Crippen molar-refractivity contribution in [2.24, 2.45) is 0 Å². The Labute approximate surface area is 179 Å². The number of esters is 1. The van der Waals surface area contributed by atoms with Gasteiger partial charge in [-0.15, -0.1) is 0 Å². The van der Waals surface area contributed by atoms with Crippen molar-refractivity contribution in [3.63, 3.8) is 0 Å². The largest absolute Gasteiger partial charge is 0.455 e. The number of benzene rings is 2. The number of morpholine rings is 1. The SMILES string of the molecule is Cc1c(-c2ccccc2)oc2c(C(=O)OC(C)N3CCOCC3)cc(Cl)cc2c1=O. The molecule has 1 fully saturated rings. The third kappa shape index (κ3) is 3.99. The van der Waals surface area contributed by atoms with E-state index in [1.807, 2.05) is 42.2 Å². The van der Waals surface area contributed by atoms with Gasteiger partial charge in [0.15, 0.2) is 17.2 Å². The van der Waals surface area contributed by atoms with Gasteiger partial charge in [0.2, 0.25) is 0 Å². The summed E-state index contributed by atoms with van der Waals surface area (Å²) in [7, 11) is 0. The number of carbonyl (C=O) groups excluding carboxylic acids is 1. The summed E-state index contributed by atoms with van der Waals surface area (Å²) in [6.07, 6.45) is -0.443. The zero-order chi connectivity index (χ0) is 21.3. The summed E-state index contributed by atoms with van der Waals surface area (Å²) >= 11 is 6.22. The highest BCUT2D eigenvalue weighted by Gasteiger charge is 2.25. The normalized spacial score (nSPS) is 15.8. The average molecular weight is 428 g/mol. The first kappa shape index (κ1) is 20.6. The van der Waals surface area contributed by atoms with Gasteiger partial charge in [-0.3, -0.25) is 9.69 Å². The van der Waals surface area contributed by atoms with Gasteiger partial charge in [-0.05, 0) is 26.0 Å². The summed E-state index contributed by atoms with van der Waals surface area (Å²) in [5, 5.41) is 0.526. The van der Waals surface area contributed by atoms with Crippen LogP contribution < -0.4 is 5.43 Å². The van der Waals surface area contributed by atoms with E-state index < -0.39 is 12.2 Å². The van der Waals surface area contributed by atoms with Crippen molar-refractivity contribution in [3.05, 3.63) is 68.8 Å². The fourth-order valence-electron chi connectivity index (χ4n) is 3.61. The first-order chi connectivity index (χ1) is 14.5. The van der Waals surface area contributed by atoms with Gasteiger partial charge in [0, 0.05) is 29.2 Å². The molecular weight excluding hydrogens is 406 g/mol. The van der Waals surface area contributed by atoms with Crippen LogP contribution in [0, 0.1) is 6.92 Å². The number of fused-ring (bicyclic) bond motifs is 1. The summed E-state index contributed by atoms with van der Waals surface area (Å²) < 4.78 is 17.1. The Hall–Kier alpha value is -2.67. The Balaban J connectivity index is 1.78. The second-order valence-electron chi connectivity index (χ2n) is 7.23. The maximum atomic E-state index is 13.0. The molecule has 1 aromatic heterocycles. The van der Waals surface area contributed by atoms with Gasteiger partial charge in [-0.1, -0.05) is 41.9 Å². The molecule has 1 atom stereocenters. The summed E-state index contributed by atoms with van der Waals surface area (Å²) in [5.74, 6) is -0.168. The molecule has 0 amide bonds. The van der Waals surface area contributed by atoms with Gasteiger partial charge >= 0.3 is 5.97 Å². The second-order valence-corrected chi connectivity index (χ2v) is 7.67. The molecule has 0 radical (unpaired) electrons. The van der Waals surface area contributed by atoms with Crippen molar-refractivity contribution >= 4 is 28.5 Å². The first-order valence-corrected chi connectivity index (χ1v) is 10.2. The van der Waals surface area contributed by atoms with E-state index in [9.17, 15) is 9.59 Å². The molecule has 7 heteroatoms. The van der Waals surface area contributed by atoms with Crippen LogP contribution in [0.4, 0.5) is 0 Å². The van der Waals surface area contributed by atoms with Crippen molar-refractivity contribution in [3.8, 4) is 11.3 Å². The third-order valence-corrected chi connectivity index (χ3v) is 5.50. The van der Waals surface area contributed by atoms with E-state index in [2.05, 4.69) is 0 Å². The van der Waals surface area contributed by atoms with Crippen molar-refractivity contribution in [1.82, 2.24) is 4.90 Å². The first-order valence-electron chi connectivity index (χ1n) is 9.81. The van der Waals surface area contributed by atoms with Gasteiger partial charge in [-0.25, -0.2) is 4.79 Å². The maximum absolute atomic E-state index is 13.0. The third-order valence-electron chi connectivity index (χ3n) is 5.28. The number of carbonyl (C=O) groups is 1. The average Bonchev–Trinajstić information content (AvgIpc) is 2.77. The van der Waals surface area contributed by atoms with Crippen LogP contribution in [-0.2, 0) is 9.47 Å². The smallest absolute Gasteiger partial charge is 0.343 e. The molecule has 2 aromatic carbocycles. The minimum absolute atomic E-state index is 0.131. The molecule has 6 nitrogen and oxygen atoms in total. The molecule has 1 saturated heterocycles. The van der Waals surface area contributed by atoms with Gasteiger partial charge in [0.05, 0.1) is 18.6 Å². The van der Waals surface area contributed by atoms with Gasteiger partial charge in [0.1, 0.15) is 11.3 Å². The van der Waals surface area contributed by atoms with Crippen LogP contribution in [0.1, 0.15) is 22.8 Å². The fourth-order valence-corrected chi connectivity index (χ4v) is 3.82. The van der Waals surface area contributed by atoms with E-state index >= 15 is 0 Å². The van der Waals surface area contributed by atoms with E-state index in [1.54, 1.807) is 6.92 Å². The minimum Gasteiger partial charge on any atom is -0.455 e. The Bertz CT molecular complexity index is 1140. The van der Waals surface area contributed by atoms with E-state index in [-0.39, 0.29) is 27.0 Å². The molecule has 2 heterocycles. The molecule has 0 aliphatic carbocycles. The van der Waals surface area contributed by atoms with Crippen LogP contribution in [0.5, 0.6) is 0 Å². The molecule has 30 heavy (non-hydrogen) atoms. The molecule has 156 valence electrons. The number of halogens is 1. The minimum atomic E-state index is -0.590. The fraction of sp³-hybridized carbons (Fsp3) is 0.304. The number of ether oxygens (including phenoxy) is 2. The molecule has 4 rings (SSSR count). The van der Waals surface area contributed by atoms with Gasteiger partial charge < -0.3 is 13.9 Å². The highest BCUT2D eigenvalue weighted by atomic mass is 35.5. The Morgan fingerprint density at radius 3 is 2.57 bits per heavy atom. The molecule has 0 bridgehead atoms. The molecule has 1 unspecified atom stereocenters. The number of hydrogen-bond donors (Lipinski definition) is 0. The van der Waals surface area contributed by atoms with Crippen molar-refractivity contribution in [2.45, 2.75) is 20.1 Å². The number of nitrogens with zero attached hydrogens (tertiary/aromatic N) is 1. The second kappa shape index (κ2) is 8.60.